The predicted octanol–water partition coefficient (Wildman–Crippen LogP) is 1.42. The minimum Gasteiger partial charge on any atom is -0.309 e. The zero-order chi connectivity index (χ0) is 13.8. The van der Waals surface area contributed by atoms with Gasteiger partial charge in [-0.15, -0.1) is 11.3 Å². The number of nitrogens with one attached hydrogen (secondary N) is 2. The van der Waals surface area contributed by atoms with Crippen LogP contribution in [0.2, 0.25) is 0 Å². The average molecular weight is 292 g/mol. The normalized spacial score (nSPS) is 13.8. The van der Waals surface area contributed by atoms with Crippen molar-refractivity contribution >= 4 is 26.7 Å². The summed E-state index contributed by atoms with van der Waals surface area (Å²) in [4.78, 5) is 4.27. The van der Waals surface area contributed by atoms with Crippen molar-refractivity contribution < 1.29 is 8.42 Å². The number of nitrogens with zero attached hydrogens (tertiary/aromatic N) is 2. The first-order chi connectivity index (χ1) is 8.36. The van der Waals surface area contributed by atoms with Gasteiger partial charge in [-0.3, -0.25) is 0 Å². The lowest BCUT2D eigenvalue weighted by Gasteiger charge is -2.11. The zero-order valence-electron chi connectivity index (χ0n) is 11.1. The highest BCUT2D eigenvalue weighted by Gasteiger charge is 2.16. The lowest BCUT2D eigenvalue weighted by atomic mass is 10.2. The van der Waals surface area contributed by atoms with Gasteiger partial charge in [0.1, 0.15) is 0 Å². The maximum absolute atomic E-state index is 11.6. The van der Waals surface area contributed by atoms with E-state index in [0.29, 0.717) is 5.13 Å². The van der Waals surface area contributed by atoms with E-state index in [-0.39, 0.29) is 6.04 Å². The van der Waals surface area contributed by atoms with Gasteiger partial charge in [0.25, 0.3) is 0 Å². The van der Waals surface area contributed by atoms with E-state index in [1.54, 1.807) is 0 Å². The third-order valence-corrected chi connectivity index (χ3v) is 4.68. The van der Waals surface area contributed by atoms with Gasteiger partial charge >= 0.3 is 10.2 Å². The van der Waals surface area contributed by atoms with E-state index in [0.717, 1.165) is 23.0 Å². The van der Waals surface area contributed by atoms with Gasteiger partial charge < -0.3 is 5.32 Å². The van der Waals surface area contributed by atoms with Crippen LogP contribution in [0.4, 0.5) is 5.13 Å². The average Bonchev–Trinajstić information content (AvgIpc) is 2.73. The van der Waals surface area contributed by atoms with Crippen molar-refractivity contribution in [2.45, 2.75) is 26.3 Å². The number of hydrogen-bond acceptors (Lipinski definition) is 5. The molecule has 0 saturated carbocycles. The molecule has 0 aliphatic carbocycles. The SMILES string of the molecule is CCCNC(C)c1csc(NS(=O)(=O)N(C)C)n1. The molecule has 6 nitrogen and oxygen atoms in total. The fraction of sp³-hybridized carbons (Fsp3) is 0.700. The van der Waals surface area contributed by atoms with Gasteiger partial charge in [0, 0.05) is 25.5 Å². The van der Waals surface area contributed by atoms with Gasteiger partial charge in [0.05, 0.1) is 5.69 Å². The van der Waals surface area contributed by atoms with Gasteiger partial charge in [-0.25, -0.2) is 9.71 Å². The second kappa shape index (κ2) is 6.46. The lowest BCUT2D eigenvalue weighted by Crippen LogP contribution is -2.29. The van der Waals surface area contributed by atoms with Crippen molar-refractivity contribution in [2.24, 2.45) is 0 Å². The Morgan fingerprint density at radius 1 is 1.50 bits per heavy atom. The summed E-state index contributed by atoms with van der Waals surface area (Å²) in [5.41, 5.74) is 0.852. The lowest BCUT2D eigenvalue weighted by molar-refractivity contribution is 0.526. The van der Waals surface area contributed by atoms with Gasteiger partial charge in [-0.2, -0.15) is 12.7 Å². The van der Waals surface area contributed by atoms with Crippen LogP contribution in [0.15, 0.2) is 5.38 Å². The highest BCUT2D eigenvalue weighted by molar-refractivity contribution is 7.90. The molecule has 0 fully saturated rings. The topological polar surface area (TPSA) is 74.3 Å². The molecule has 0 aliphatic heterocycles. The molecule has 1 rings (SSSR count). The van der Waals surface area contributed by atoms with E-state index in [2.05, 4.69) is 21.9 Å². The Balaban J connectivity index is 2.69. The Morgan fingerprint density at radius 3 is 2.72 bits per heavy atom. The summed E-state index contributed by atoms with van der Waals surface area (Å²) in [6, 6.07) is 0.124. The van der Waals surface area contributed by atoms with Crippen molar-refractivity contribution in [2.75, 3.05) is 25.4 Å². The van der Waals surface area contributed by atoms with Crippen molar-refractivity contribution in [3.05, 3.63) is 11.1 Å². The molecule has 1 atom stereocenters. The van der Waals surface area contributed by atoms with Gasteiger partial charge in [-0.1, -0.05) is 6.92 Å². The first kappa shape index (κ1) is 15.4. The summed E-state index contributed by atoms with van der Waals surface area (Å²) in [6.07, 6.45) is 1.05. The Labute approximate surface area is 113 Å². The molecule has 18 heavy (non-hydrogen) atoms. The van der Waals surface area contributed by atoms with E-state index < -0.39 is 10.2 Å². The van der Waals surface area contributed by atoms with Crippen LogP contribution < -0.4 is 10.0 Å². The molecular weight excluding hydrogens is 272 g/mol. The third-order valence-electron chi connectivity index (χ3n) is 2.36. The van der Waals surface area contributed by atoms with Crippen LogP contribution in [0.1, 0.15) is 32.0 Å². The molecule has 0 saturated heterocycles. The van der Waals surface area contributed by atoms with Gasteiger partial charge in [-0.05, 0) is 19.9 Å². The van der Waals surface area contributed by atoms with E-state index in [1.165, 1.54) is 25.4 Å². The van der Waals surface area contributed by atoms with E-state index >= 15 is 0 Å². The van der Waals surface area contributed by atoms with E-state index in [1.807, 2.05) is 12.3 Å². The Morgan fingerprint density at radius 2 is 2.17 bits per heavy atom. The number of hydrogen-bond donors (Lipinski definition) is 2. The van der Waals surface area contributed by atoms with Crippen LogP contribution in [-0.4, -0.2) is 38.3 Å². The molecule has 1 heterocycles. The maximum Gasteiger partial charge on any atom is 0.302 e. The number of anilines is 1. The molecule has 0 radical (unpaired) electrons. The molecule has 1 aromatic rings. The quantitative estimate of drug-likeness (QED) is 0.797. The van der Waals surface area contributed by atoms with Crippen molar-refractivity contribution in [1.29, 1.82) is 0 Å². The highest BCUT2D eigenvalue weighted by Crippen LogP contribution is 2.21. The molecular formula is C10H20N4O2S2. The van der Waals surface area contributed by atoms with Crippen LogP contribution in [0.3, 0.4) is 0 Å². The van der Waals surface area contributed by atoms with Crippen LogP contribution in [0.5, 0.6) is 0 Å². The summed E-state index contributed by atoms with van der Waals surface area (Å²) in [5, 5.41) is 5.56. The molecule has 0 bridgehead atoms. The fourth-order valence-electron chi connectivity index (χ4n) is 1.20. The monoisotopic (exact) mass is 292 g/mol. The molecule has 0 aromatic carbocycles. The van der Waals surface area contributed by atoms with Crippen LogP contribution >= 0.6 is 11.3 Å². The highest BCUT2D eigenvalue weighted by atomic mass is 32.2. The first-order valence-electron chi connectivity index (χ1n) is 5.76. The molecule has 1 unspecified atom stereocenters. The smallest absolute Gasteiger partial charge is 0.302 e. The molecule has 0 aliphatic rings. The molecule has 104 valence electrons. The molecule has 1 aromatic heterocycles. The summed E-state index contributed by atoms with van der Waals surface area (Å²) < 4.78 is 26.8. The standard InChI is InChI=1S/C10H20N4O2S2/c1-5-6-11-8(2)9-7-17-10(12-9)13-18(15,16)14(3)4/h7-8,11H,5-6H2,1-4H3,(H,12,13). The Hall–Kier alpha value is -0.700. The number of thiazole rings is 1. The first-order valence-corrected chi connectivity index (χ1v) is 8.08. The molecule has 0 amide bonds. The van der Waals surface area contributed by atoms with Crippen molar-refractivity contribution in [3.63, 3.8) is 0 Å². The zero-order valence-corrected chi connectivity index (χ0v) is 12.7. The van der Waals surface area contributed by atoms with Crippen LogP contribution in [-0.2, 0) is 10.2 Å². The summed E-state index contributed by atoms with van der Waals surface area (Å²) in [5.74, 6) is 0. The summed E-state index contributed by atoms with van der Waals surface area (Å²) >= 11 is 1.29. The molecule has 0 spiro atoms. The van der Waals surface area contributed by atoms with E-state index in [4.69, 9.17) is 0 Å². The van der Waals surface area contributed by atoms with Gasteiger partial charge in [0.15, 0.2) is 5.13 Å². The third kappa shape index (κ3) is 4.20. The van der Waals surface area contributed by atoms with Crippen molar-refractivity contribution in [3.8, 4) is 0 Å². The Bertz CT molecular complexity index is 470. The molecule has 8 heteroatoms. The minimum atomic E-state index is -3.47. The predicted molar refractivity (Wildman–Crippen MR) is 75.1 cm³/mol. The van der Waals surface area contributed by atoms with Crippen LogP contribution in [0, 0.1) is 0 Å². The second-order valence-electron chi connectivity index (χ2n) is 4.14. The van der Waals surface area contributed by atoms with Crippen molar-refractivity contribution in [1.82, 2.24) is 14.6 Å². The number of aromatic nitrogens is 1. The van der Waals surface area contributed by atoms with E-state index in [9.17, 15) is 8.42 Å². The Kier molecular flexibility index (Phi) is 5.51. The van der Waals surface area contributed by atoms with Gasteiger partial charge in [0.2, 0.25) is 0 Å². The molecule has 2 N–H and O–H groups in total. The summed E-state index contributed by atoms with van der Waals surface area (Å²) in [6.45, 7) is 5.02. The maximum atomic E-state index is 11.6. The summed E-state index contributed by atoms with van der Waals surface area (Å²) in [7, 11) is -0.521. The second-order valence-corrected chi connectivity index (χ2v) is 6.89. The largest absolute Gasteiger partial charge is 0.309 e. The number of rotatable bonds is 7. The van der Waals surface area contributed by atoms with Crippen LogP contribution in [0.25, 0.3) is 0 Å². The minimum absolute atomic E-state index is 0.124. The fourth-order valence-corrected chi connectivity index (χ4v) is 2.80.